The Morgan fingerprint density at radius 3 is 2.83 bits per heavy atom. The predicted octanol–water partition coefficient (Wildman–Crippen LogP) is 5.50. The van der Waals surface area contributed by atoms with Gasteiger partial charge in [-0.2, -0.15) is 9.97 Å². The van der Waals surface area contributed by atoms with Crippen molar-refractivity contribution in [3.63, 3.8) is 0 Å². The van der Waals surface area contributed by atoms with Gasteiger partial charge in [0.2, 0.25) is 0 Å². The lowest BCUT2D eigenvalue weighted by Gasteiger charge is -2.37. The third-order valence-corrected chi connectivity index (χ3v) is 11.5. The highest BCUT2D eigenvalue weighted by Gasteiger charge is 2.68. The normalized spacial score (nSPS) is 29.1. The number of alkyl halides is 1. The molecule has 0 radical (unpaired) electrons. The zero-order chi connectivity index (χ0) is 32.2. The van der Waals surface area contributed by atoms with Crippen LogP contribution in [0.15, 0.2) is 30.5 Å². The number of aromatic nitrogens is 3. The molecular weight excluding hydrogens is 605 g/mol. The van der Waals surface area contributed by atoms with Crippen molar-refractivity contribution in [3.05, 3.63) is 47.7 Å². The lowest BCUT2D eigenvalue weighted by atomic mass is 9.79. The monoisotopic (exact) mass is 640 g/mol. The molecular formula is C36H35F3N6O2. The van der Waals surface area contributed by atoms with Crippen LogP contribution in [0, 0.1) is 41.2 Å². The largest absolute Gasteiger partial charge is 0.461 e. The summed E-state index contributed by atoms with van der Waals surface area (Å²) < 4.78 is 59.1. The van der Waals surface area contributed by atoms with Gasteiger partial charge in [-0.3, -0.25) is 9.88 Å². The molecule has 47 heavy (non-hydrogen) atoms. The van der Waals surface area contributed by atoms with Crippen LogP contribution in [0.5, 0.6) is 6.01 Å². The Balaban J connectivity index is 1.20. The van der Waals surface area contributed by atoms with Crippen LogP contribution in [0.3, 0.4) is 0 Å². The molecule has 3 aliphatic heterocycles. The molecule has 5 fully saturated rings. The molecule has 5 aliphatic rings. The molecule has 0 bridgehead atoms. The Bertz CT molecular complexity index is 2010. The number of nitrogens with zero attached hydrogens (tertiary/aromatic N) is 5. The molecule has 4 aromatic rings. The van der Waals surface area contributed by atoms with Crippen molar-refractivity contribution in [2.45, 2.75) is 50.4 Å². The maximum absolute atomic E-state index is 17.0. The number of nitrogens with two attached hydrogens (primary N) is 1. The van der Waals surface area contributed by atoms with Crippen LogP contribution in [-0.2, 0) is 4.74 Å². The molecule has 9 rings (SSSR count). The van der Waals surface area contributed by atoms with E-state index in [1.165, 1.54) is 31.2 Å². The summed E-state index contributed by atoms with van der Waals surface area (Å²) in [7, 11) is 0. The van der Waals surface area contributed by atoms with Gasteiger partial charge in [-0.1, -0.05) is 18.9 Å². The number of benzene rings is 2. The second-order valence-corrected chi connectivity index (χ2v) is 14.2. The van der Waals surface area contributed by atoms with E-state index in [9.17, 15) is 4.39 Å². The molecule has 5 heterocycles. The summed E-state index contributed by atoms with van der Waals surface area (Å²) in [6.07, 6.45) is 10.7. The summed E-state index contributed by atoms with van der Waals surface area (Å²) in [5.41, 5.74) is 6.84. The van der Waals surface area contributed by atoms with Crippen molar-refractivity contribution < 1.29 is 22.6 Å². The fourth-order valence-corrected chi connectivity index (χ4v) is 9.09. The minimum Gasteiger partial charge on any atom is -0.461 e. The smallest absolute Gasteiger partial charge is 0.319 e. The average molecular weight is 641 g/mol. The van der Waals surface area contributed by atoms with Crippen molar-refractivity contribution in [3.8, 4) is 29.6 Å². The fraction of sp³-hybridized carbons (Fsp3) is 0.472. The van der Waals surface area contributed by atoms with E-state index in [1.807, 2.05) is 4.90 Å². The van der Waals surface area contributed by atoms with Crippen LogP contribution in [0.1, 0.15) is 38.2 Å². The Kier molecular flexibility index (Phi) is 6.29. The van der Waals surface area contributed by atoms with Crippen LogP contribution in [-0.4, -0.2) is 77.1 Å². The molecule has 3 saturated heterocycles. The Labute approximate surface area is 270 Å². The predicted molar refractivity (Wildman–Crippen MR) is 173 cm³/mol. The molecule has 2 aromatic heterocycles. The van der Waals surface area contributed by atoms with E-state index in [2.05, 4.69) is 27.7 Å². The Hall–Kier alpha value is -4.14. The molecule has 1 spiro atoms. The minimum atomic E-state index is -1.09. The SMILES string of the molecule is C#Cc1c(F)ccc2cc(N)cc(-c3ncc4c(N5CCOCC6C5[C@H]6F)nc(OC[C@]56CC(C)CN5CCC65CC5)nc4c3F)c12. The summed E-state index contributed by atoms with van der Waals surface area (Å²) in [6, 6.07) is 5.61. The molecule has 242 valence electrons. The van der Waals surface area contributed by atoms with Gasteiger partial charge in [0.05, 0.1) is 35.7 Å². The van der Waals surface area contributed by atoms with Gasteiger partial charge >= 0.3 is 6.01 Å². The quantitative estimate of drug-likeness (QED) is 0.226. The number of anilines is 2. The third-order valence-electron chi connectivity index (χ3n) is 11.5. The lowest BCUT2D eigenvalue weighted by Crippen LogP contribution is -2.49. The van der Waals surface area contributed by atoms with Crippen LogP contribution < -0.4 is 15.4 Å². The number of rotatable bonds is 5. The summed E-state index contributed by atoms with van der Waals surface area (Å²) in [5, 5.41) is 1.21. The van der Waals surface area contributed by atoms with Crippen LogP contribution in [0.25, 0.3) is 32.9 Å². The number of pyridine rings is 1. The van der Waals surface area contributed by atoms with E-state index in [-0.39, 0.29) is 45.2 Å². The van der Waals surface area contributed by atoms with E-state index in [0.29, 0.717) is 59.9 Å². The number of terminal acetylenes is 1. The van der Waals surface area contributed by atoms with Gasteiger partial charge in [0.1, 0.15) is 35.6 Å². The molecule has 2 aliphatic carbocycles. The standard InChI is InChI=1S/C36H35F3N6O2/c1-3-22-26(37)5-4-20-12-21(40)13-23(27(20)22)30-29(39)31-24(15-41-30)33(45-10-11-46-17-25-28(38)32(25)45)43-34(42-31)47-18-36-14-19(2)16-44(36)9-8-35(36)6-7-35/h1,4-5,12-13,15,19,25,28,32H,6-11,14,16-18,40H2,2H3/t19?,25?,28-,32?,36-/m0/s1. The van der Waals surface area contributed by atoms with E-state index in [4.69, 9.17) is 26.6 Å². The molecule has 2 aromatic carbocycles. The highest BCUT2D eigenvalue weighted by atomic mass is 19.1. The van der Waals surface area contributed by atoms with Crippen molar-refractivity contribution in [1.29, 1.82) is 0 Å². The summed E-state index contributed by atoms with van der Waals surface area (Å²) >= 11 is 0. The van der Waals surface area contributed by atoms with Crippen LogP contribution in [0.2, 0.25) is 0 Å². The summed E-state index contributed by atoms with van der Waals surface area (Å²) in [4.78, 5) is 18.4. The van der Waals surface area contributed by atoms with Crippen molar-refractivity contribution in [1.82, 2.24) is 19.9 Å². The summed E-state index contributed by atoms with van der Waals surface area (Å²) in [6.45, 7) is 5.83. The van der Waals surface area contributed by atoms with Gasteiger partial charge in [0, 0.05) is 41.8 Å². The molecule has 5 atom stereocenters. The number of hydrogen-bond acceptors (Lipinski definition) is 8. The topological polar surface area (TPSA) is 89.6 Å². The third kappa shape index (κ3) is 4.20. The first kappa shape index (κ1) is 29.0. The van der Waals surface area contributed by atoms with Crippen molar-refractivity contribution in [2.24, 2.45) is 17.3 Å². The van der Waals surface area contributed by atoms with E-state index >= 15 is 8.78 Å². The Morgan fingerprint density at radius 1 is 1.17 bits per heavy atom. The number of halogens is 3. The van der Waals surface area contributed by atoms with Gasteiger partial charge in [-0.25, -0.2) is 13.2 Å². The highest BCUT2D eigenvalue weighted by Crippen LogP contribution is 2.66. The average Bonchev–Trinajstić information content (AvgIpc) is 3.93. The van der Waals surface area contributed by atoms with Crippen molar-refractivity contribution in [2.75, 3.05) is 50.1 Å². The summed E-state index contributed by atoms with van der Waals surface area (Å²) in [5.74, 6) is 1.67. The van der Waals surface area contributed by atoms with Crippen LogP contribution in [0.4, 0.5) is 24.7 Å². The maximum Gasteiger partial charge on any atom is 0.319 e. The molecule has 8 nitrogen and oxygen atoms in total. The van der Waals surface area contributed by atoms with Gasteiger partial charge < -0.3 is 20.1 Å². The first-order valence-electron chi connectivity index (χ1n) is 16.4. The molecule has 11 heteroatoms. The van der Waals surface area contributed by atoms with Crippen molar-refractivity contribution >= 4 is 33.2 Å². The second-order valence-electron chi connectivity index (χ2n) is 14.2. The number of nitrogen functional groups attached to an aromatic ring is 1. The fourth-order valence-electron chi connectivity index (χ4n) is 9.09. The molecule has 2 saturated carbocycles. The number of ether oxygens (including phenoxy) is 2. The molecule has 2 N–H and O–H groups in total. The first-order valence-corrected chi connectivity index (χ1v) is 16.4. The number of hydrogen-bond donors (Lipinski definition) is 1. The van der Waals surface area contributed by atoms with E-state index in [1.54, 1.807) is 12.1 Å². The van der Waals surface area contributed by atoms with Gasteiger partial charge in [0.15, 0.2) is 5.82 Å². The number of fused-ring (bicyclic) bond motifs is 5. The molecule has 0 amide bonds. The minimum absolute atomic E-state index is 0.00954. The van der Waals surface area contributed by atoms with E-state index in [0.717, 1.165) is 25.9 Å². The zero-order valence-corrected chi connectivity index (χ0v) is 26.1. The zero-order valence-electron chi connectivity index (χ0n) is 26.1. The second kappa shape index (κ2) is 10.2. The first-order chi connectivity index (χ1) is 22.7. The van der Waals surface area contributed by atoms with Gasteiger partial charge in [-0.15, -0.1) is 6.42 Å². The lowest BCUT2D eigenvalue weighted by molar-refractivity contribution is 0.0642. The van der Waals surface area contributed by atoms with Gasteiger partial charge in [-0.05, 0) is 67.1 Å². The maximum atomic E-state index is 17.0. The van der Waals surface area contributed by atoms with Gasteiger partial charge in [0.25, 0.3) is 0 Å². The van der Waals surface area contributed by atoms with Crippen LogP contribution >= 0.6 is 0 Å². The Morgan fingerprint density at radius 2 is 2.02 bits per heavy atom. The molecule has 3 unspecified atom stereocenters. The highest BCUT2D eigenvalue weighted by molar-refractivity contribution is 6.03. The van der Waals surface area contributed by atoms with E-state index < -0.39 is 23.8 Å².